The van der Waals surface area contributed by atoms with Crippen LogP contribution in [0.4, 0.5) is 17.1 Å². The first-order valence-corrected chi connectivity index (χ1v) is 21.2. The molecule has 0 spiro atoms. The minimum Gasteiger partial charge on any atom is -0.310 e. The molecule has 0 saturated carbocycles. The minimum atomic E-state index is -0.0930. The zero-order valence-electron chi connectivity index (χ0n) is 33.3. The van der Waals surface area contributed by atoms with Crippen LogP contribution in [0.3, 0.4) is 0 Å². The lowest BCUT2D eigenvalue weighted by atomic mass is 9.80. The summed E-state index contributed by atoms with van der Waals surface area (Å²) in [5, 5.41) is 1.39. The van der Waals surface area contributed by atoms with Gasteiger partial charge in [0, 0.05) is 37.5 Å². The molecule has 0 bridgehead atoms. The van der Waals surface area contributed by atoms with Gasteiger partial charge in [0.05, 0.1) is 0 Å². The molecule has 2 aliphatic rings. The normalized spacial score (nSPS) is 14.1. The second-order valence-electron chi connectivity index (χ2n) is 17.0. The van der Waals surface area contributed by atoms with Crippen molar-refractivity contribution in [1.29, 1.82) is 0 Å². The van der Waals surface area contributed by atoms with Crippen molar-refractivity contribution in [2.45, 2.75) is 38.5 Å². The molecule has 1 heterocycles. The molecule has 0 amide bonds. The van der Waals surface area contributed by atoms with Crippen LogP contribution in [-0.2, 0) is 10.8 Å². The van der Waals surface area contributed by atoms with Crippen molar-refractivity contribution in [3.63, 3.8) is 0 Å². The van der Waals surface area contributed by atoms with Crippen LogP contribution in [0.1, 0.15) is 49.9 Å². The number of benzene rings is 8. The molecule has 0 fully saturated rings. The Kier molecular flexibility index (Phi) is 7.80. The molecular formula is C56H43NS. The van der Waals surface area contributed by atoms with Crippen molar-refractivity contribution in [2.75, 3.05) is 4.90 Å². The largest absolute Gasteiger partial charge is 0.310 e. The summed E-state index contributed by atoms with van der Waals surface area (Å²) < 4.78 is 1.37. The van der Waals surface area contributed by atoms with E-state index in [1.54, 1.807) is 0 Å². The summed E-state index contributed by atoms with van der Waals surface area (Å²) in [6, 6.07) is 69.7. The van der Waals surface area contributed by atoms with E-state index in [1.165, 1.54) is 87.3 Å². The maximum atomic E-state index is 2.44. The standard InChI is InChI=1S/C56H43NS/c1-55(2)49-16-10-8-14-45(49)46-33-31-44(35-51(46)55)57(42-27-22-39(23-28-42)38-20-18-37(19-21-38)36-12-6-5-7-13-36)43-29-24-40(25-30-43)41-26-32-47-50(34-41)56(3,4)53-48-15-9-11-17-52(48)58-54(47)53/h5-35H,1-4H3. The van der Waals surface area contributed by atoms with Crippen LogP contribution >= 0.6 is 11.3 Å². The van der Waals surface area contributed by atoms with Gasteiger partial charge in [-0.1, -0.05) is 167 Å². The molecular weight excluding hydrogens is 719 g/mol. The van der Waals surface area contributed by atoms with E-state index in [0.717, 1.165) is 17.1 Å². The molecule has 1 aromatic heterocycles. The van der Waals surface area contributed by atoms with Gasteiger partial charge in [-0.3, -0.25) is 0 Å². The Bertz CT molecular complexity index is 3020. The van der Waals surface area contributed by atoms with Gasteiger partial charge in [-0.15, -0.1) is 11.3 Å². The second kappa shape index (κ2) is 13.0. The molecule has 0 aliphatic heterocycles. The monoisotopic (exact) mass is 761 g/mol. The Labute approximate surface area is 345 Å². The molecule has 0 unspecified atom stereocenters. The SMILES string of the molecule is CC1(C)c2ccccc2-c2ccc(N(c3ccc(-c4ccc(-c5ccccc5)cc4)cc3)c3ccc(-c4ccc5c(c4)C(C)(C)c4c-5sc5ccccc45)cc3)cc21. The molecule has 8 aromatic carbocycles. The Hall–Kier alpha value is -6.48. The van der Waals surface area contributed by atoms with Crippen molar-refractivity contribution in [3.8, 4) is 54.9 Å². The van der Waals surface area contributed by atoms with E-state index in [1.807, 2.05) is 11.3 Å². The lowest BCUT2D eigenvalue weighted by Crippen LogP contribution is -2.16. The first kappa shape index (κ1) is 34.7. The third-order valence-corrected chi connectivity index (χ3v) is 14.1. The molecule has 9 aromatic rings. The van der Waals surface area contributed by atoms with Crippen molar-refractivity contribution in [3.05, 3.63) is 210 Å². The fraction of sp³-hybridized carbons (Fsp3) is 0.107. The third-order valence-electron chi connectivity index (χ3n) is 12.9. The lowest BCUT2D eigenvalue weighted by molar-refractivity contribution is 0.660. The predicted octanol–water partition coefficient (Wildman–Crippen LogP) is 16.0. The molecule has 11 rings (SSSR count). The average Bonchev–Trinajstić information content (AvgIpc) is 3.85. The zero-order valence-corrected chi connectivity index (χ0v) is 34.1. The van der Waals surface area contributed by atoms with Crippen molar-refractivity contribution >= 4 is 38.5 Å². The maximum Gasteiger partial charge on any atom is 0.0465 e. The fourth-order valence-electron chi connectivity index (χ4n) is 9.80. The Morgan fingerprint density at radius 1 is 0.362 bits per heavy atom. The van der Waals surface area contributed by atoms with E-state index in [9.17, 15) is 0 Å². The highest BCUT2D eigenvalue weighted by molar-refractivity contribution is 7.22. The Morgan fingerprint density at radius 3 is 1.53 bits per heavy atom. The zero-order chi connectivity index (χ0) is 39.2. The van der Waals surface area contributed by atoms with E-state index < -0.39 is 0 Å². The molecule has 0 N–H and O–H groups in total. The predicted molar refractivity (Wildman–Crippen MR) is 248 cm³/mol. The van der Waals surface area contributed by atoms with E-state index in [-0.39, 0.29) is 10.8 Å². The molecule has 0 saturated heterocycles. The maximum absolute atomic E-state index is 2.44. The first-order valence-electron chi connectivity index (χ1n) is 20.3. The Balaban J connectivity index is 0.965. The van der Waals surface area contributed by atoms with E-state index in [4.69, 9.17) is 0 Å². The minimum absolute atomic E-state index is 0.0614. The molecule has 2 aliphatic carbocycles. The van der Waals surface area contributed by atoms with Crippen LogP contribution < -0.4 is 4.90 Å². The third kappa shape index (κ3) is 5.36. The smallest absolute Gasteiger partial charge is 0.0465 e. The topological polar surface area (TPSA) is 3.24 Å². The van der Waals surface area contributed by atoms with E-state index in [0.29, 0.717) is 0 Å². The summed E-state index contributed by atoms with van der Waals surface area (Å²) in [7, 11) is 0. The second-order valence-corrected chi connectivity index (χ2v) is 18.0. The van der Waals surface area contributed by atoms with Crippen LogP contribution in [0.2, 0.25) is 0 Å². The number of hydrogen-bond donors (Lipinski definition) is 0. The number of thiophene rings is 1. The van der Waals surface area contributed by atoms with Gasteiger partial charge in [-0.05, 0) is 126 Å². The van der Waals surface area contributed by atoms with Crippen LogP contribution in [0.5, 0.6) is 0 Å². The average molecular weight is 762 g/mol. The molecule has 2 heteroatoms. The van der Waals surface area contributed by atoms with Crippen LogP contribution in [0, 0.1) is 0 Å². The number of nitrogens with zero attached hydrogens (tertiary/aromatic N) is 1. The van der Waals surface area contributed by atoms with Gasteiger partial charge in [0.25, 0.3) is 0 Å². The summed E-state index contributed by atoms with van der Waals surface area (Å²) in [5.74, 6) is 0. The van der Waals surface area contributed by atoms with Crippen LogP contribution in [0.25, 0.3) is 65.0 Å². The highest BCUT2D eigenvalue weighted by Gasteiger charge is 2.39. The number of anilines is 3. The first-order chi connectivity index (χ1) is 28.3. The molecule has 0 radical (unpaired) electrons. The van der Waals surface area contributed by atoms with Crippen LogP contribution in [0.15, 0.2) is 188 Å². The van der Waals surface area contributed by atoms with Gasteiger partial charge >= 0.3 is 0 Å². The van der Waals surface area contributed by atoms with Crippen molar-refractivity contribution in [2.24, 2.45) is 0 Å². The summed E-state index contributed by atoms with van der Waals surface area (Å²) in [4.78, 5) is 3.84. The summed E-state index contributed by atoms with van der Waals surface area (Å²) in [6.45, 7) is 9.50. The van der Waals surface area contributed by atoms with Gasteiger partial charge < -0.3 is 4.90 Å². The highest BCUT2D eigenvalue weighted by Crippen LogP contribution is 2.56. The quantitative estimate of drug-likeness (QED) is 0.163. The van der Waals surface area contributed by atoms with Crippen molar-refractivity contribution in [1.82, 2.24) is 0 Å². The fourth-order valence-corrected chi connectivity index (χ4v) is 11.2. The van der Waals surface area contributed by atoms with Gasteiger partial charge in [-0.2, -0.15) is 0 Å². The summed E-state index contributed by atoms with van der Waals surface area (Å²) in [6.07, 6.45) is 0. The molecule has 1 nitrogen and oxygen atoms in total. The lowest BCUT2D eigenvalue weighted by Gasteiger charge is -2.28. The van der Waals surface area contributed by atoms with E-state index >= 15 is 0 Å². The van der Waals surface area contributed by atoms with Gasteiger partial charge in [0.1, 0.15) is 0 Å². The highest BCUT2D eigenvalue weighted by atomic mass is 32.1. The summed E-state index contributed by atoms with van der Waals surface area (Å²) in [5.41, 5.74) is 20.3. The Morgan fingerprint density at radius 2 is 0.845 bits per heavy atom. The molecule has 0 atom stereocenters. The number of hydrogen-bond acceptors (Lipinski definition) is 2. The summed E-state index contributed by atoms with van der Waals surface area (Å²) >= 11 is 1.93. The molecule has 278 valence electrons. The van der Waals surface area contributed by atoms with E-state index in [2.05, 4.69) is 221 Å². The van der Waals surface area contributed by atoms with Gasteiger partial charge in [0.15, 0.2) is 0 Å². The van der Waals surface area contributed by atoms with Gasteiger partial charge in [0.2, 0.25) is 0 Å². The molecule has 58 heavy (non-hydrogen) atoms. The number of rotatable bonds is 6. The van der Waals surface area contributed by atoms with Crippen LogP contribution in [-0.4, -0.2) is 0 Å². The van der Waals surface area contributed by atoms with Crippen molar-refractivity contribution < 1.29 is 0 Å². The van der Waals surface area contributed by atoms with Gasteiger partial charge in [-0.25, -0.2) is 0 Å². The number of fused-ring (bicyclic) bond motifs is 8.